The summed E-state index contributed by atoms with van der Waals surface area (Å²) < 4.78 is 14.6. The number of aliphatic hydroxyl groups is 1. The topological polar surface area (TPSA) is 99.1 Å². The minimum Gasteiger partial charge on any atom is -0.460 e. The van der Waals surface area contributed by atoms with Crippen molar-refractivity contribution >= 4 is 17.9 Å². The maximum absolute atomic E-state index is 12.1. The van der Waals surface area contributed by atoms with Gasteiger partial charge in [-0.1, -0.05) is 30.9 Å². The van der Waals surface area contributed by atoms with Gasteiger partial charge in [-0.3, -0.25) is 0 Å². The molecule has 0 heterocycles. The van der Waals surface area contributed by atoms with Crippen molar-refractivity contribution in [2.24, 2.45) is 0 Å². The fourth-order valence-electron chi connectivity index (χ4n) is 1.71. The third-order valence-corrected chi connectivity index (χ3v) is 2.83. The van der Waals surface area contributed by atoms with Crippen LogP contribution in [0.4, 0.5) is 0 Å². The highest BCUT2D eigenvalue weighted by molar-refractivity contribution is 6.03. The Kier molecular flexibility index (Phi) is 8.67. The Morgan fingerprint density at radius 3 is 2.20 bits per heavy atom. The molecule has 0 aromatic heterocycles. The molecule has 1 aromatic rings. The van der Waals surface area contributed by atoms with Crippen molar-refractivity contribution in [1.82, 2.24) is 0 Å². The summed E-state index contributed by atoms with van der Waals surface area (Å²) in [6, 6.07) is 5.98. The molecule has 0 fully saturated rings. The molecule has 0 radical (unpaired) electrons. The largest absolute Gasteiger partial charge is 0.460 e. The fourth-order valence-corrected chi connectivity index (χ4v) is 1.71. The second kappa shape index (κ2) is 10.8. The lowest BCUT2D eigenvalue weighted by atomic mass is 10.1. The summed E-state index contributed by atoms with van der Waals surface area (Å²) in [5.41, 5.74) is 0.0537. The lowest BCUT2D eigenvalue weighted by Crippen LogP contribution is -2.25. The van der Waals surface area contributed by atoms with Gasteiger partial charge in [0.1, 0.15) is 25.9 Å². The molecule has 1 unspecified atom stereocenters. The van der Waals surface area contributed by atoms with Crippen LogP contribution in [0.1, 0.15) is 27.6 Å². The summed E-state index contributed by atoms with van der Waals surface area (Å²) >= 11 is 0. The predicted octanol–water partition coefficient (Wildman–Crippen LogP) is 1.67. The minimum atomic E-state index is -1.18. The summed E-state index contributed by atoms with van der Waals surface area (Å²) in [5, 5.41) is 9.68. The van der Waals surface area contributed by atoms with Crippen LogP contribution in [0.2, 0.25) is 0 Å². The van der Waals surface area contributed by atoms with Gasteiger partial charge in [-0.25, -0.2) is 14.4 Å². The Balaban J connectivity index is 2.61. The minimum absolute atomic E-state index is 0.00896. The summed E-state index contributed by atoms with van der Waals surface area (Å²) in [4.78, 5) is 35.2. The second-order valence-corrected chi connectivity index (χ2v) is 4.82. The van der Waals surface area contributed by atoms with Crippen LogP contribution in [0.5, 0.6) is 0 Å². The molecule has 1 rings (SSSR count). The number of esters is 3. The van der Waals surface area contributed by atoms with Crippen LogP contribution in [-0.4, -0.2) is 48.9 Å². The molecule has 134 valence electrons. The Labute approximate surface area is 145 Å². The van der Waals surface area contributed by atoms with E-state index < -0.39 is 30.6 Å². The molecule has 0 aliphatic carbocycles. The SMILES string of the molecule is C=CCOC(=O)c1ccccc1C(=O)OCC(O)COC(=O)C=CC. The van der Waals surface area contributed by atoms with Crippen LogP contribution in [0, 0.1) is 0 Å². The number of allylic oxidation sites excluding steroid dienone is 1. The average Bonchev–Trinajstić information content (AvgIpc) is 2.62. The molecular weight excluding hydrogens is 328 g/mol. The number of aliphatic hydroxyl groups excluding tert-OH is 1. The molecule has 0 bridgehead atoms. The van der Waals surface area contributed by atoms with Crippen molar-refractivity contribution in [2.45, 2.75) is 13.0 Å². The lowest BCUT2D eigenvalue weighted by molar-refractivity contribution is -0.141. The number of benzene rings is 1. The molecule has 0 aliphatic heterocycles. The van der Waals surface area contributed by atoms with Gasteiger partial charge in [0, 0.05) is 6.08 Å². The Bertz CT molecular complexity index is 649. The summed E-state index contributed by atoms with van der Waals surface area (Å²) in [6.07, 6.45) is 2.92. The first-order valence-electron chi connectivity index (χ1n) is 7.51. The van der Waals surface area contributed by atoms with E-state index in [1.165, 1.54) is 30.4 Å². The van der Waals surface area contributed by atoms with E-state index in [1.807, 2.05) is 0 Å². The van der Waals surface area contributed by atoms with Gasteiger partial charge in [0.25, 0.3) is 0 Å². The maximum Gasteiger partial charge on any atom is 0.339 e. The molecule has 0 saturated heterocycles. The van der Waals surface area contributed by atoms with E-state index in [9.17, 15) is 19.5 Å². The highest BCUT2D eigenvalue weighted by Crippen LogP contribution is 2.12. The van der Waals surface area contributed by atoms with Crippen LogP contribution < -0.4 is 0 Å². The van der Waals surface area contributed by atoms with Gasteiger partial charge in [-0.2, -0.15) is 0 Å². The third kappa shape index (κ3) is 7.01. The second-order valence-electron chi connectivity index (χ2n) is 4.82. The monoisotopic (exact) mass is 348 g/mol. The number of rotatable bonds is 9. The fraction of sp³-hybridized carbons (Fsp3) is 0.278. The number of hydrogen-bond acceptors (Lipinski definition) is 7. The van der Waals surface area contributed by atoms with Gasteiger partial charge < -0.3 is 19.3 Å². The van der Waals surface area contributed by atoms with Crippen LogP contribution in [0.3, 0.4) is 0 Å². The summed E-state index contributed by atoms with van der Waals surface area (Å²) in [5.74, 6) is -2.10. The number of carbonyl (C=O) groups is 3. The highest BCUT2D eigenvalue weighted by atomic mass is 16.6. The van der Waals surface area contributed by atoms with Crippen LogP contribution >= 0.6 is 0 Å². The number of carbonyl (C=O) groups excluding carboxylic acids is 3. The zero-order chi connectivity index (χ0) is 18.7. The zero-order valence-electron chi connectivity index (χ0n) is 13.8. The Hall–Kier alpha value is -2.93. The standard InChI is InChI=1S/C18H20O7/c1-3-7-16(20)24-11-13(19)12-25-18(22)15-9-6-5-8-14(15)17(21)23-10-4-2/h3-9,13,19H,2,10-12H2,1H3. The van der Waals surface area contributed by atoms with Crippen molar-refractivity contribution in [3.63, 3.8) is 0 Å². The van der Waals surface area contributed by atoms with Gasteiger partial charge in [0.2, 0.25) is 0 Å². The maximum atomic E-state index is 12.1. The lowest BCUT2D eigenvalue weighted by Gasteiger charge is -2.12. The molecule has 0 aliphatic rings. The molecule has 0 saturated carbocycles. The summed E-state index contributed by atoms with van der Waals surface area (Å²) in [7, 11) is 0. The Morgan fingerprint density at radius 1 is 1.08 bits per heavy atom. The highest BCUT2D eigenvalue weighted by Gasteiger charge is 2.20. The van der Waals surface area contributed by atoms with Gasteiger partial charge in [0.15, 0.2) is 0 Å². The Morgan fingerprint density at radius 2 is 1.64 bits per heavy atom. The molecule has 0 amide bonds. The number of hydrogen-bond donors (Lipinski definition) is 1. The first-order valence-corrected chi connectivity index (χ1v) is 7.51. The van der Waals surface area contributed by atoms with Crippen LogP contribution in [0.15, 0.2) is 49.1 Å². The molecule has 25 heavy (non-hydrogen) atoms. The van der Waals surface area contributed by atoms with E-state index in [2.05, 4.69) is 6.58 Å². The van der Waals surface area contributed by atoms with Crippen molar-refractivity contribution in [1.29, 1.82) is 0 Å². The number of ether oxygens (including phenoxy) is 3. The van der Waals surface area contributed by atoms with E-state index >= 15 is 0 Å². The van der Waals surface area contributed by atoms with Crippen LogP contribution in [0.25, 0.3) is 0 Å². The normalized spacial score (nSPS) is 11.6. The van der Waals surface area contributed by atoms with Gasteiger partial charge >= 0.3 is 17.9 Å². The molecule has 0 spiro atoms. The molecule has 1 atom stereocenters. The van der Waals surface area contributed by atoms with Crippen molar-refractivity contribution in [3.8, 4) is 0 Å². The predicted molar refractivity (Wildman–Crippen MR) is 89.0 cm³/mol. The van der Waals surface area contributed by atoms with E-state index in [0.29, 0.717) is 0 Å². The van der Waals surface area contributed by atoms with E-state index in [1.54, 1.807) is 19.1 Å². The van der Waals surface area contributed by atoms with Crippen molar-refractivity contribution in [3.05, 3.63) is 60.2 Å². The van der Waals surface area contributed by atoms with Crippen molar-refractivity contribution < 1.29 is 33.7 Å². The first-order chi connectivity index (χ1) is 12.0. The van der Waals surface area contributed by atoms with E-state index in [0.717, 1.165) is 0 Å². The first kappa shape index (κ1) is 20.1. The molecule has 7 heteroatoms. The molecule has 1 N–H and O–H groups in total. The van der Waals surface area contributed by atoms with Gasteiger partial charge in [-0.15, -0.1) is 0 Å². The average molecular weight is 348 g/mol. The summed E-state index contributed by atoms with van der Waals surface area (Å²) in [6.45, 7) is 4.39. The quantitative estimate of drug-likeness (QED) is 0.314. The van der Waals surface area contributed by atoms with Crippen LogP contribution in [-0.2, 0) is 19.0 Å². The van der Waals surface area contributed by atoms with Crippen molar-refractivity contribution in [2.75, 3.05) is 19.8 Å². The molecular formula is C18H20O7. The van der Waals surface area contributed by atoms with E-state index in [-0.39, 0.29) is 24.3 Å². The van der Waals surface area contributed by atoms with E-state index in [4.69, 9.17) is 14.2 Å². The smallest absolute Gasteiger partial charge is 0.339 e. The van der Waals surface area contributed by atoms with Gasteiger partial charge in [0.05, 0.1) is 11.1 Å². The van der Waals surface area contributed by atoms with Gasteiger partial charge in [-0.05, 0) is 19.1 Å². The zero-order valence-corrected chi connectivity index (χ0v) is 13.8. The molecule has 7 nitrogen and oxygen atoms in total. The third-order valence-electron chi connectivity index (χ3n) is 2.83. The molecule has 1 aromatic carbocycles.